The van der Waals surface area contributed by atoms with Crippen LogP contribution in [0.5, 0.6) is 0 Å². The number of hydrogen-bond acceptors (Lipinski definition) is 2. The molecule has 1 aromatic heterocycles. The van der Waals surface area contributed by atoms with Crippen molar-refractivity contribution >= 4 is 11.5 Å². The maximum atomic E-state index is 11.5. The van der Waals surface area contributed by atoms with Crippen LogP contribution in [0.4, 0.5) is 0 Å². The first-order valence-electron chi connectivity index (χ1n) is 8.70. The molecule has 1 aromatic carbocycles. The summed E-state index contributed by atoms with van der Waals surface area (Å²) < 4.78 is 0. The maximum Gasteiger partial charge on any atom is 0.220 e. The van der Waals surface area contributed by atoms with Crippen LogP contribution in [0.1, 0.15) is 48.7 Å². The lowest BCUT2D eigenvalue weighted by Crippen LogP contribution is -2.23. The summed E-state index contributed by atoms with van der Waals surface area (Å²) in [6.07, 6.45) is 5.68. The Bertz CT molecular complexity index is 747. The minimum Gasteiger partial charge on any atom is -0.350 e. The van der Waals surface area contributed by atoms with Crippen LogP contribution in [-0.4, -0.2) is 16.9 Å². The molecule has 3 rings (SSSR count). The molecule has 124 valence electrons. The Kier molecular flexibility index (Phi) is 5.09. The van der Waals surface area contributed by atoms with Gasteiger partial charge in [0, 0.05) is 23.7 Å². The second kappa shape index (κ2) is 7.43. The summed E-state index contributed by atoms with van der Waals surface area (Å²) >= 11 is 0. The lowest BCUT2D eigenvalue weighted by atomic mass is 9.98. The molecule has 1 saturated heterocycles. The van der Waals surface area contributed by atoms with Gasteiger partial charge in [0.15, 0.2) is 0 Å². The van der Waals surface area contributed by atoms with E-state index in [1.54, 1.807) is 0 Å². The summed E-state index contributed by atoms with van der Waals surface area (Å²) in [5.41, 5.74) is 5.57. The topological polar surface area (TPSA) is 42.0 Å². The van der Waals surface area contributed by atoms with Gasteiger partial charge in [0.2, 0.25) is 5.91 Å². The predicted molar refractivity (Wildman–Crippen MR) is 97.7 cm³/mol. The normalized spacial score (nSPS) is 17.8. The Hall–Kier alpha value is -2.42. The number of hydrogen-bond donors (Lipinski definition) is 1. The zero-order valence-electron chi connectivity index (χ0n) is 14.4. The summed E-state index contributed by atoms with van der Waals surface area (Å²) in [5, 5.41) is 3.03. The third-order valence-corrected chi connectivity index (χ3v) is 4.35. The van der Waals surface area contributed by atoms with Gasteiger partial charge in [0.05, 0.1) is 5.69 Å². The van der Waals surface area contributed by atoms with Gasteiger partial charge in [-0.25, -0.2) is 0 Å². The molecule has 24 heavy (non-hydrogen) atoms. The third kappa shape index (κ3) is 3.91. The van der Waals surface area contributed by atoms with E-state index in [4.69, 9.17) is 4.98 Å². The molecule has 1 N–H and O–H groups in total. The van der Waals surface area contributed by atoms with Crippen molar-refractivity contribution in [1.29, 1.82) is 0 Å². The Morgan fingerprint density at radius 3 is 2.71 bits per heavy atom. The van der Waals surface area contributed by atoms with Crippen LogP contribution < -0.4 is 5.32 Å². The molecule has 3 heteroatoms. The number of aromatic nitrogens is 1. The number of pyridine rings is 1. The minimum absolute atomic E-state index is 0.0884. The number of nitrogens with zero attached hydrogens (tertiary/aromatic N) is 1. The quantitative estimate of drug-likeness (QED) is 0.903. The van der Waals surface area contributed by atoms with Crippen molar-refractivity contribution < 1.29 is 4.79 Å². The smallest absolute Gasteiger partial charge is 0.220 e. The Balaban J connectivity index is 2.01. The monoisotopic (exact) mass is 320 g/mol. The van der Waals surface area contributed by atoms with Gasteiger partial charge in [-0.15, -0.1) is 0 Å². The van der Waals surface area contributed by atoms with Gasteiger partial charge in [-0.3, -0.25) is 9.78 Å². The number of aryl methyl sites for hydroxylation is 2. The van der Waals surface area contributed by atoms with Crippen molar-refractivity contribution in [2.75, 3.05) is 0 Å². The SMILES string of the molecule is CCCc1cccc(/C(=C\[C@H]2CCC(=O)N2)c2ccc(C)cc2)n1. The Morgan fingerprint density at radius 1 is 1.25 bits per heavy atom. The Labute approximate surface area is 143 Å². The van der Waals surface area contributed by atoms with E-state index in [1.807, 2.05) is 0 Å². The van der Waals surface area contributed by atoms with E-state index in [2.05, 4.69) is 67.7 Å². The minimum atomic E-state index is 0.0884. The highest BCUT2D eigenvalue weighted by atomic mass is 16.1. The molecule has 2 heterocycles. The fraction of sp³-hybridized carbons (Fsp3) is 0.333. The lowest BCUT2D eigenvalue weighted by Gasteiger charge is -2.13. The van der Waals surface area contributed by atoms with E-state index in [0.29, 0.717) is 6.42 Å². The first-order chi connectivity index (χ1) is 11.7. The molecular formula is C21H24N2O. The predicted octanol–water partition coefficient (Wildman–Crippen LogP) is 4.05. The Morgan fingerprint density at radius 2 is 2.04 bits per heavy atom. The van der Waals surface area contributed by atoms with Crippen molar-refractivity contribution in [3.05, 3.63) is 71.1 Å². The maximum absolute atomic E-state index is 11.5. The van der Waals surface area contributed by atoms with Gasteiger partial charge in [-0.1, -0.05) is 55.3 Å². The molecular weight excluding hydrogens is 296 g/mol. The molecule has 0 radical (unpaired) electrons. The number of amides is 1. The van der Waals surface area contributed by atoms with Crippen molar-refractivity contribution in [1.82, 2.24) is 10.3 Å². The molecule has 3 nitrogen and oxygen atoms in total. The highest BCUT2D eigenvalue weighted by Gasteiger charge is 2.20. The summed E-state index contributed by atoms with van der Waals surface area (Å²) in [5.74, 6) is 0.132. The van der Waals surface area contributed by atoms with E-state index in [-0.39, 0.29) is 11.9 Å². The van der Waals surface area contributed by atoms with E-state index in [0.717, 1.165) is 41.8 Å². The molecule has 0 bridgehead atoms. The second-order valence-electron chi connectivity index (χ2n) is 6.42. The zero-order valence-corrected chi connectivity index (χ0v) is 14.4. The number of carbonyl (C=O) groups is 1. The number of carbonyl (C=O) groups excluding carboxylic acids is 1. The number of nitrogens with one attached hydrogen (secondary N) is 1. The molecule has 1 aliphatic heterocycles. The van der Waals surface area contributed by atoms with Crippen molar-refractivity contribution in [2.45, 2.75) is 45.6 Å². The number of benzene rings is 1. The third-order valence-electron chi connectivity index (χ3n) is 4.35. The highest BCUT2D eigenvalue weighted by molar-refractivity contribution is 5.82. The van der Waals surface area contributed by atoms with Gasteiger partial charge in [-0.2, -0.15) is 0 Å². The number of rotatable bonds is 5. The fourth-order valence-corrected chi connectivity index (χ4v) is 3.05. The zero-order chi connectivity index (χ0) is 16.9. The largest absolute Gasteiger partial charge is 0.350 e. The van der Waals surface area contributed by atoms with Crippen LogP contribution in [0.15, 0.2) is 48.5 Å². The van der Waals surface area contributed by atoms with Gasteiger partial charge >= 0.3 is 0 Å². The molecule has 0 spiro atoms. The van der Waals surface area contributed by atoms with E-state index in [9.17, 15) is 4.79 Å². The fourth-order valence-electron chi connectivity index (χ4n) is 3.05. The lowest BCUT2D eigenvalue weighted by molar-refractivity contribution is -0.119. The molecule has 1 amide bonds. The van der Waals surface area contributed by atoms with Crippen LogP contribution in [0.2, 0.25) is 0 Å². The first kappa shape index (κ1) is 16.4. The van der Waals surface area contributed by atoms with E-state index < -0.39 is 0 Å². The molecule has 1 fully saturated rings. The average Bonchev–Trinajstić information content (AvgIpc) is 2.99. The highest BCUT2D eigenvalue weighted by Crippen LogP contribution is 2.25. The van der Waals surface area contributed by atoms with Gasteiger partial charge in [-0.05, 0) is 37.5 Å². The van der Waals surface area contributed by atoms with E-state index >= 15 is 0 Å². The van der Waals surface area contributed by atoms with Gasteiger partial charge < -0.3 is 5.32 Å². The van der Waals surface area contributed by atoms with Crippen LogP contribution in [0.25, 0.3) is 5.57 Å². The van der Waals surface area contributed by atoms with Gasteiger partial charge in [0.25, 0.3) is 0 Å². The second-order valence-corrected chi connectivity index (χ2v) is 6.42. The molecule has 0 aliphatic carbocycles. The van der Waals surface area contributed by atoms with Crippen molar-refractivity contribution in [3.8, 4) is 0 Å². The molecule has 2 aromatic rings. The van der Waals surface area contributed by atoms with Gasteiger partial charge in [0.1, 0.15) is 0 Å². The van der Waals surface area contributed by atoms with Crippen LogP contribution >= 0.6 is 0 Å². The van der Waals surface area contributed by atoms with Crippen molar-refractivity contribution in [3.63, 3.8) is 0 Å². The molecule has 0 unspecified atom stereocenters. The average molecular weight is 320 g/mol. The summed E-state index contributed by atoms with van der Waals surface area (Å²) in [7, 11) is 0. The molecule has 0 saturated carbocycles. The van der Waals surface area contributed by atoms with Crippen LogP contribution in [0.3, 0.4) is 0 Å². The van der Waals surface area contributed by atoms with Crippen LogP contribution in [-0.2, 0) is 11.2 Å². The molecule has 1 atom stereocenters. The molecule has 1 aliphatic rings. The first-order valence-corrected chi connectivity index (χ1v) is 8.70. The summed E-state index contributed by atoms with van der Waals surface area (Å²) in [6.45, 7) is 4.25. The van der Waals surface area contributed by atoms with Crippen LogP contribution in [0, 0.1) is 6.92 Å². The summed E-state index contributed by atoms with van der Waals surface area (Å²) in [4.78, 5) is 16.4. The summed E-state index contributed by atoms with van der Waals surface area (Å²) in [6, 6.07) is 14.8. The van der Waals surface area contributed by atoms with E-state index in [1.165, 1.54) is 5.56 Å². The van der Waals surface area contributed by atoms with Crippen molar-refractivity contribution in [2.24, 2.45) is 0 Å². The standard InChI is InChI=1S/C21H24N2O/c1-3-5-17-6-4-7-20(22-17)19(14-18-12-13-21(24)23-18)16-10-8-15(2)9-11-16/h4,6-11,14,18H,3,5,12-13H2,1-2H3,(H,23,24)/b19-14-/t18-/m1/s1.